The third kappa shape index (κ3) is 2.58. The fourth-order valence-electron chi connectivity index (χ4n) is 1.50. The minimum Gasteiger partial charge on any atom is -0.478 e. The van der Waals surface area contributed by atoms with Crippen LogP contribution in [0.5, 0.6) is 0 Å². The van der Waals surface area contributed by atoms with Crippen LogP contribution in [0.3, 0.4) is 0 Å². The van der Waals surface area contributed by atoms with Crippen molar-refractivity contribution in [3.8, 4) is 0 Å². The maximum Gasteiger partial charge on any atom is 0.340 e. The lowest BCUT2D eigenvalue weighted by atomic mass is 10.1. The van der Waals surface area contributed by atoms with E-state index >= 15 is 0 Å². The van der Waals surface area contributed by atoms with E-state index in [2.05, 4.69) is 31.3 Å². The molecule has 106 valence electrons. The number of azo groups is 1. The highest BCUT2D eigenvalue weighted by molar-refractivity contribution is 5.92. The molecule has 1 aromatic rings. The number of hydrogen-bond acceptors (Lipinski definition) is 9. The summed E-state index contributed by atoms with van der Waals surface area (Å²) >= 11 is 0. The number of benzene rings is 1. The summed E-state index contributed by atoms with van der Waals surface area (Å²) in [7, 11) is 4.03. The van der Waals surface area contributed by atoms with Crippen LogP contribution in [0, 0.1) is 0 Å². The van der Waals surface area contributed by atoms with Gasteiger partial charge in [0.25, 0.3) is 0 Å². The van der Waals surface area contributed by atoms with Crippen LogP contribution in [0.4, 0.5) is 5.69 Å². The molecule has 10 nitrogen and oxygen atoms in total. The van der Waals surface area contributed by atoms with Gasteiger partial charge < -0.3 is 16.0 Å². The van der Waals surface area contributed by atoms with Gasteiger partial charge in [0.05, 0.1) is 0 Å². The first-order valence-corrected chi connectivity index (χ1v) is 5.35. The fourth-order valence-corrected chi connectivity index (χ4v) is 1.50. The lowest BCUT2D eigenvalue weighted by Crippen LogP contribution is -2.51. The second-order valence-corrected chi connectivity index (χ2v) is 3.36. The number of nitrogens with zero attached hydrogens (tertiary/aromatic N) is 4. The summed E-state index contributed by atoms with van der Waals surface area (Å²) in [6.45, 7) is 0. The van der Waals surface area contributed by atoms with E-state index in [1.54, 1.807) is 0 Å². The summed E-state index contributed by atoms with van der Waals surface area (Å²) in [5, 5.41) is 22.2. The van der Waals surface area contributed by atoms with Crippen molar-refractivity contribution in [3.05, 3.63) is 36.7 Å². The second-order valence-electron chi connectivity index (χ2n) is 3.36. The standard InChI is InChI=1S/C10H12N6O4/c1-11-14-5-4(10(19)20)6(15-12-2)9(18)7(8(5)17)16-13-3/h11,13H,1-3H3,(H,19,20). The molecule has 0 aromatic heterocycles. The fraction of sp³-hybridized carbons (Fsp3) is 0.300. The summed E-state index contributed by atoms with van der Waals surface area (Å²) in [4.78, 5) is 35.3. The quantitative estimate of drug-likeness (QED) is 0.420. The molecule has 0 atom stereocenters. The Kier molecular flexibility index (Phi) is 4.78. The van der Waals surface area contributed by atoms with Crippen molar-refractivity contribution in [1.82, 2.24) is 10.9 Å². The molecule has 1 aromatic carbocycles. The van der Waals surface area contributed by atoms with Gasteiger partial charge in [-0.3, -0.25) is 9.59 Å². The van der Waals surface area contributed by atoms with Gasteiger partial charge in [-0.05, 0) is 0 Å². The first kappa shape index (κ1) is 15.1. The zero-order valence-corrected chi connectivity index (χ0v) is 11.0. The first-order chi connectivity index (χ1) is 9.49. The Morgan fingerprint density at radius 2 is 1.60 bits per heavy atom. The molecule has 0 bridgehead atoms. The molecule has 1 rings (SSSR count). The van der Waals surface area contributed by atoms with Crippen molar-refractivity contribution in [2.75, 3.05) is 21.1 Å². The lowest BCUT2D eigenvalue weighted by Gasteiger charge is -1.99. The van der Waals surface area contributed by atoms with E-state index < -0.39 is 38.8 Å². The molecule has 0 saturated heterocycles. The first-order valence-electron chi connectivity index (χ1n) is 5.35. The molecule has 0 spiro atoms. The lowest BCUT2D eigenvalue weighted by molar-refractivity contribution is 0.0695. The highest BCUT2D eigenvalue weighted by Gasteiger charge is 2.22. The Labute approximate surface area is 111 Å². The van der Waals surface area contributed by atoms with Gasteiger partial charge in [0.15, 0.2) is 11.0 Å². The number of carboxylic acid groups (broad SMARTS) is 1. The van der Waals surface area contributed by atoms with Gasteiger partial charge in [-0.2, -0.15) is 20.4 Å². The Bertz CT molecular complexity index is 773. The molecule has 0 radical (unpaired) electrons. The van der Waals surface area contributed by atoms with Crippen LogP contribution in [0.1, 0.15) is 10.4 Å². The van der Waals surface area contributed by atoms with Gasteiger partial charge >= 0.3 is 5.97 Å². The van der Waals surface area contributed by atoms with E-state index in [9.17, 15) is 14.4 Å². The molecule has 0 aliphatic carbocycles. The second kappa shape index (κ2) is 6.31. The molecular weight excluding hydrogens is 268 g/mol. The van der Waals surface area contributed by atoms with Gasteiger partial charge in [0.1, 0.15) is 10.9 Å². The topological polar surface area (TPSA) is 145 Å². The van der Waals surface area contributed by atoms with Crippen molar-refractivity contribution in [2.45, 2.75) is 0 Å². The van der Waals surface area contributed by atoms with Gasteiger partial charge in [0.2, 0.25) is 10.9 Å². The highest BCUT2D eigenvalue weighted by atomic mass is 16.4. The Morgan fingerprint density at radius 3 is 2.05 bits per heavy atom. The van der Waals surface area contributed by atoms with Gasteiger partial charge in [0, 0.05) is 21.1 Å². The Hall–Kier alpha value is -2.91. The molecule has 20 heavy (non-hydrogen) atoms. The van der Waals surface area contributed by atoms with Crippen LogP contribution in [-0.2, 0) is 0 Å². The van der Waals surface area contributed by atoms with Gasteiger partial charge in [-0.1, -0.05) is 0 Å². The molecule has 10 heteroatoms. The minimum atomic E-state index is -1.51. The molecule has 0 saturated carbocycles. The predicted molar refractivity (Wildman–Crippen MR) is 68.0 cm³/mol. The van der Waals surface area contributed by atoms with Crippen LogP contribution in [-0.4, -0.2) is 32.2 Å². The number of hydrogen-bond donors (Lipinski definition) is 3. The summed E-state index contributed by atoms with van der Waals surface area (Å²) in [6, 6.07) is 0. The van der Waals surface area contributed by atoms with E-state index in [0.29, 0.717) is 0 Å². The molecule has 0 heterocycles. The molecule has 0 aliphatic heterocycles. The van der Waals surface area contributed by atoms with E-state index in [1.165, 1.54) is 21.1 Å². The number of aromatic carboxylic acids is 1. The number of rotatable bonds is 4. The molecular formula is C10H12N6O4. The van der Waals surface area contributed by atoms with Crippen molar-refractivity contribution in [1.29, 1.82) is 0 Å². The number of carbonyl (C=O) groups is 1. The van der Waals surface area contributed by atoms with Crippen LogP contribution in [0.2, 0.25) is 0 Å². The summed E-state index contributed by atoms with van der Waals surface area (Å²) in [6.07, 6.45) is 0. The maximum atomic E-state index is 12.0. The van der Waals surface area contributed by atoms with Crippen LogP contribution < -0.4 is 32.4 Å². The summed E-state index contributed by atoms with van der Waals surface area (Å²) in [5.41, 5.74) is 1.65. The van der Waals surface area contributed by atoms with Crippen molar-refractivity contribution >= 4 is 11.7 Å². The van der Waals surface area contributed by atoms with Crippen molar-refractivity contribution in [2.24, 2.45) is 20.4 Å². The molecule has 0 fully saturated rings. The van der Waals surface area contributed by atoms with Crippen LogP contribution in [0.15, 0.2) is 30.0 Å². The SMILES string of the molecule is CN=Nc1c(C(=O)O)c(=NNC)c(=O)c(=NNC)c1=O. The number of nitrogens with one attached hydrogen (secondary N) is 2. The largest absolute Gasteiger partial charge is 0.478 e. The molecule has 0 aliphatic rings. The van der Waals surface area contributed by atoms with Crippen LogP contribution >= 0.6 is 0 Å². The van der Waals surface area contributed by atoms with E-state index in [-0.39, 0.29) is 0 Å². The van der Waals surface area contributed by atoms with E-state index in [1.807, 2.05) is 0 Å². The van der Waals surface area contributed by atoms with Gasteiger partial charge in [-0.15, -0.1) is 0 Å². The predicted octanol–water partition coefficient (Wildman–Crippen LogP) is -2.24. The summed E-state index contributed by atoms with van der Waals surface area (Å²) in [5.74, 6) is -1.51. The van der Waals surface area contributed by atoms with E-state index in [4.69, 9.17) is 5.11 Å². The average molecular weight is 280 g/mol. The molecule has 3 N–H and O–H groups in total. The van der Waals surface area contributed by atoms with Crippen molar-refractivity contribution < 1.29 is 9.90 Å². The summed E-state index contributed by atoms with van der Waals surface area (Å²) < 4.78 is 0. The molecule has 0 amide bonds. The van der Waals surface area contributed by atoms with E-state index in [0.717, 1.165) is 0 Å². The third-order valence-corrected chi connectivity index (χ3v) is 2.19. The number of carboxylic acids is 1. The van der Waals surface area contributed by atoms with Crippen molar-refractivity contribution in [3.63, 3.8) is 0 Å². The highest BCUT2D eigenvalue weighted by Crippen LogP contribution is 2.07. The molecule has 0 unspecified atom stereocenters. The normalized spacial score (nSPS) is 12.9. The Morgan fingerprint density at radius 1 is 1.05 bits per heavy atom. The maximum absolute atomic E-state index is 12.0. The Balaban J connectivity index is 4.20. The smallest absolute Gasteiger partial charge is 0.340 e. The zero-order valence-electron chi connectivity index (χ0n) is 11.0. The minimum absolute atomic E-state index is 0.462. The third-order valence-electron chi connectivity index (χ3n) is 2.19. The average Bonchev–Trinajstić information content (AvgIpc) is 2.40. The zero-order chi connectivity index (χ0) is 15.3. The van der Waals surface area contributed by atoms with Gasteiger partial charge in [-0.25, -0.2) is 4.79 Å². The van der Waals surface area contributed by atoms with Crippen LogP contribution in [0.25, 0.3) is 0 Å². The monoisotopic (exact) mass is 280 g/mol.